The molecular weight excluding hydrogens is 544 g/mol. The van der Waals surface area contributed by atoms with Crippen molar-refractivity contribution in [1.82, 2.24) is 15.1 Å². The fourth-order valence-electron chi connectivity index (χ4n) is 6.51. The van der Waals surface area contributed by atoms with Crippen LogP contribution in [0, 0.1) is 20.8 Å². The maximum atomic E-state index is 13.7. The first kappa shape index (κ1) is 27.4. The van der Waals surface area contributed by atoms with E-state index in [1.54, 1.807) is 32.9 Å². The molecule has 41 heavy (non-hydrogen) atoms. The monoisotopic (exact) mass is 576 g/mol. The van der Waals surface area contributed by atoms with Gasteiger partial charge in [0, 0.05) is 16.5 Å². The Hall–Kier alpha value is -3.72. The number of hydrogen-bond donors (Lipinski definition) is 1. The van der Waals surface area contributed by atoms with Gasteiger partial charge in [-0.25, -0.2) is 9.78 Å². The number of esters is 1. The number of anilines is 1. The molecule has 1 N–H and O–H groups in total. The second-order valence-electron chi connectivity index (χ2n) is 12.8. The number of fused-ring (bicyclic) bond motifs is 1. The topological polar surface area (TPSA) is 120 Å². The number of ether oxygens (including phenoxy) is 1. The lowest BCUT2D eigenvalue weighted by atomic mass is 9.34. The molecule has 0 aliphatic heterocycles. The number of aryl methyl sites for hydroxylation is 2. The molecule has 0 saturated heterocycles. The van der Waals surface area contributed by atoms with Gasteiger partial charge in [-0.3, -0.25) is 4.79 Å². The molecule has 0 radical (unpaired) electrons. The molecule has 9 nitrogen and oxygen atoms in total. The molecule has 3 fully saturated rings. The van der Waals surface area contributed by atoms with Crippen molar-refractivity contribution >= 4 is 34.2 Å². The summed E-state index contributed by atoms with van der Waals surface area (Å²) in [5, 5.41) is 8.07. The van der Waals surface area contributed by atoms with Crippen LogP contribution in [0.4, 0.5) is 5.69 Å². The first-order chi connectivity index (χ1) is 19.2. The van der Waals surface area contributed by atoms with E-state index in [2.05, 4.69) is 20.4 Å². The third-order valence-electron chi connectivity index (χ3n) is 8.18. The molecule has 4 aromatic rings. The molecule has 2 bridgehead atoms. The van der Waals surface area contributed by atoms with Crippen LogP contribution in [0.3, 0.4) is 0 Å². The van der Waals surface area contributed by atoms with Crippen molar-refractivity contribution in [3.8, 4) is 0 Å². The number of carbonyl (C=O) groups excluding carboxylic acids is 1. The van der Waals surface area contributed by atoms with Crippen molar-refractivity contribution in [3.63, 3.8) is 0 Å². The van der Waals surface area contributed by atoms with Crippen LogP contribution < -0.4 is 10.7 Å². The van der Waals surface area contributed by atoms with Gasteiger partial charge < -0.3 is 19.0 Å². The number of benzene rings is 1. The molecule has 7 rings (SSSR count). The third kappa shape index (κ3) is 4.51. The maximum Gasteiger partial charge on any atom is 0.359 e. The highest BCUT2D eigenvalue weighted by Gasteiger charge is 2.73. The zero-order valence-corrected chi connectivity index (χ0v) is 25.0. The van der Waals surface area contributed by atoms with E-state index in [9.17, 15) is 9.59 Å². The Balaban J connectivity index is 1.37. The van der Waals surface area contributed by atoms with Crippen molar-refractivity contribution in [2.75, 3.05) is 5.32 Å². The average molecular weight is 577 g/mol. The zero-order chi connectivity index (χ0) is 29.5. The molecule has 1 atom stereocenters. The number of nitrogens with zero attached hydrogens (tertiary/aromatic N) is 3. The number of pyridine rings is 1. The van der Waals surface area contributed by atoms with Gasteiger partial charge in [-0.2, -0.15) is 4.98 Å². The smallest absolute Gasteiger partial charge is 0.359 e. The van der Waals surface area contributed by atoms with Crippen molar-refractivity contribution in [2.24, 2.45) is 0 Å². The zero-order valence-electron chi connectivity index (χ0n) is 24.3. The van der Waals surface area contributed by atoms with Gasteiger partial charge in [-0.15, -0.1) is 0 Å². The Morgan fingerprint density at radius 3 is 2.44 bits per heavy atom. The summed E-state index contributed by atoms with van der Waals surface area (Å²) in [5.41, 5.74) is 2.38. The molecule has 3 aliphatic carbocycles. The number of hydrogen-bond acceptors (Lipinski definition) is 9. The number of rotatable bonds is 6. The van der Waals surface area contributed by atoms with Crippen LogP contribution >= 0.6 is 11.6 Å². The summed E-state index contributed by atoms with van der Waals surface area (Å²) in [6.45, 7) is 12.9. The van der Waals surface area contributed by atoms with Gasteiger partial charge in [-0.1, -0.05) is 22.8 Å². The quantitative estimate of drug-likeness (QED) is 0.198. The first-order valence-electron chi connectivity index (χ1n) is 13.8. The first-order valence-corrected chi connectivity index (χ1v) is 14.1. The Bertz CT molecular complexity index is 1760. The predicted octanol–water partition coefficient (Wildman–Crippen LogP) is 6.65. The van der Waals surface area contributed by atoms with E-state index < -0.39 is 11.6 Å². The largest absolute Gasteiger partial charge is 0.460 e. The third-order valence-corrected chi connectivity index (χ3v) is 8.39. The van der Waals surface area contributed by atoms with E-state index in [0.29, 0.717) is 33.9 Å². The Morgan fingerprint density at radius 1 is 1.10 bits per heavy atom. The highest BCUT2D eigenvalue weighted by atomic mass is 35.5. The molecule has 0 amide bonds. The second kappa shape index (κ2) is 9.14. The lowest BCUT2D eigenvalue weighted by Crippen LogP contribution is -2.67. The summed E-state index contributed by atoms with van der Waals surface area (Å²) in [5.74, 6) is 1.44. The van der Waals surface area contributed by atoms with E-state index in [1.807, 2.05) is 39.8 Å². The van der Waals surface area contributed by atoms with Crippen molar-refractivity contribution in [2.45, 2.75) is 90.2 Å². The van der Waals surface area contributed by atoms with Crippen LogP contribution in [-0.2, 0) is 15.6 Å². The van der Waals surface area contributed by atoms with Gasteiger partial charge in [0.2, 0.25) is 5.89 Å². The van der Waals surface area contributed by atoms with Gasteiger partial charge in [0.15, 0.2) is 16.9 Å². The maximum absolute atomic E-state index is 13.7. The summed E-state index contributed by atoms with van der Waals surface area (Å²) < 4.78 is 17.7. The van der Waals surface area contributed by atoms with Crippen LogP contribution in [0.5, 0.6) is 0 Å². The standard InChI is InChI=1S/C31H33ClN4O5/c1-15-10-19(17(3)33-21-8-9-22(32)35-23(21)27(38)40-29(5,6)7)25-20(11-15)24(37)16(2)26(39-25)30-12-31(13-30,14-30)28-34-18(4)36-41-28/h8-11,17,33H,12-14H2,1-7H3/t17-,30?,31?/m1/s1. The summed E-state index contributed by atoms with van der Waals surface area (Å²) in [7, 11) is 0. The van der Waals surface area contributed by atoms with E-state index in [-0.39, 0.29) is 33.1 Å². The molecule has 10 heteroatoms. The molecule has 3 heterocycles. The number of nitrogens with one attached hydrogen (secondary N) is 1. The minimum absolute atomic E-state index is 0.0339. The molecule has 0 spiro atoms. The van der Waals surface area contributed by atoms with E-state index in [1.165, 1.54) is 0 Å². The lowest BCUT2D eigenvalue weighted by molar-refractivity contribution is -0.102. The summed E-state index contributed by atoms with van der Waals surface area (Å²) in [6, 6.07) is 6.85. The SMILES string of the molecule is Cc1cc([C@@H](C)Nc2ccc(Cl)nc2C(=O)OC(C)(C)C)c2oc(C34CC(c5nc(C)no5)(C3)C4)c(C)c(=O)c2c1. The molecule has 0 unspecified atom stereocenters. The molecule has 3 aromatic heterocycles. The van der Waals surface area contributed by atoms with Gasteiger partial charge in [0.25, 0.3) is 0 Å². The normalized spacial score (nSPS) is 22.1. The Morgan fingerprint density at radius 2 is 1.80 bits per heavy atom. The molecule has 3 aliphatic rings. The van der Waals surface area contributed by atoms with Gasteiger partial charge >= 0.3 is 5.97 Å². The van der Waals surface area contributed by atoms with Crippen LogP contribution in [0.25, 0.3) is 11.0 Å². The van der Waals surface area contributed by atoms with Gasteiger partial charge in [0.05, 0.1) is 22.5 Å². The highest BCUT2D eigenvalue weighted by molar-refractivity contribution is 6.29. The summed E-state index contributed by atoms with van der Waals surface area (Å²) in [4.78, 5) is 35.4. The Labute approximate surface area is 242 Å². The minimum atomic E-state index is -0.698. The number of aromatic nitrogens is 3. The number of carbonyl (C=O) groups is 1. The highest BCUT2D eigenvalue weighted by Crippen LogP contribution is 2.74. The van der Waals surface area contributed by atoms with Gasteiger partial charge in [0.1, 0.15) is 22.1 Å². The number of halogens is 1. The van der Waals surface area contributed by atoms with Crippen LogP contribution in [0.15, 0.2) is 38.0 Å². The average Bonchev–Trinajstić information content (AvgIpc) is 3.26. The minimum Gasteiger partial charge on any atom is -0.460 e. The van der Waals surface area contributed by atoms with Crippen molar-refractivity contribution in [1.29, 1.82) is 0 Å². The molecule has 1 aromatic carbocycles. The van der Waals surface area contributed by atoms with E-state index >= 15 is 0 Å². The van der Waals surface area contributed by atoms with E-state index in [0.717, 1.165) is 36.1 Å². The van der Waals surface area contributed by atoms with Crippen molar-refractivity contribution < 1.29 is 18.5 Å². The van der Waals surface area contributed by atoms with Gasteiger partial charge in [-0.05, 0) is 91.5 Å². The van der Waals surface area contributed by atoms with Crippen LogP contribution in [0.1, 0.15) is 97.7 Å². The van der Waals surface area contributed by atoms with E-state index in [4.69, 9.17) is 25.3 Å². The fraction of sp³-hybridized carbons (Fsp3) is 0.452. The Kier molecular flexibility index (Phi) is 6.12. The van der Waals surface area contributed by atoms with Crippen LogP contribution in [-0.4, -0.2) is 26.7 Å². The lowest BCUT2D eigenvalue weighted by Gasteiger charge is -2.67. The second-order valence-corrected chi connectivity index (χ2v) is 13.1. The van der Waals surface area contributed by atoms with Crippen molar-refractivity contribution in [3.05, 3.63) is 79.5 Å². The summed E-state index contributed by atoms with van der Waals surface area (Å²) >= 11 is 6.14. The molecular formula is C31H33ClN4O5. The van der Waals surface area contributed by atoms with Crippen LogP contribution in [0.2, 0.25) is 5.15 Å². The molecule has 3 saturated carbocycles. The predicted molar refractivity (Wildman–Crippen MR) is 155 cm³/mol. The summed E-state index contributed by atoms with van der Waals surface area (Å²) in [6.07, 6.45) is 2.42. The fourth-order valence-corrected chi connectivity index (χ4v) is 6.66. The molecule has 214 valence electrons.